The maximum Gasteiger partial charge on any atom is 0.225 e. The van der Waals surface area contributed by atoms with Crippen LogP contribution >= 0.6 is 11.3 Å². The Morgan fingerprint density at radius 1 is 1.26 bits per heavy atom. The number of nitrogen functional groups attached to an aromatic ring is 2. The van der Waals surface area contributed by atoms with Crippen molar-refractivity contribution in [2.75, 3.05) is 36.4 Å². The van der Waals surface area contributed by atoms with Crippen molar-refractivity contribution in [3.8, 4) is 5.88 Å². The third kappa shape index (κ3) is 4.44. The molecular formula is C23H30N8O2S. The average Bonchev–Trinajstić information content (AvgIpc) is 3.34. The van der Waals surface area contributed by atoms with Crippen LogP contribution in [0.25, 0.3) is 10.2 Å². The summed E-state index contributed by atoms with van der Waals surface area (Å²) in [7, 11) is 0. The SMILES string of the molecule is CCc1cc2c(NCCCC(=O)N3CCCC4(CC3)Cc3c(N)nc(N)nc3O4)ncnc2s1. The Morgan fingerprint density at radius 3 is 3.00 bits per heavy atom. The molecule has 5 N–H and O–H groups in total. The highest BCUT2D eigenvalue weighted by Crippen LogP contribution is 2.42. The molecule has 5 rings (SSSR count). The van der Waals surface area contributed by atoms with Crippen molar-refractivity contribution in [1.82, 2.24) is 24.8 Å². The van der Waals surface area contributed by atoms with Crippen LogP contribution in [0.2, 0.25) is 0 Å². The first-order valence-electron chi connectivity index (χ1n) is 11.8. The van der Waals surface area contributed by atoms with Crippen molar-refractivity contribution in [1.29, 1.82) is 0 Å². The lowest BCUT2D eigenvalue weighted by atomic mass is 9.90. The van der Waals surface area contributed by atoms with Crippen molar-refractivity contribution in [3.05, 3.63) is 22.8 Å². The van der Waals surface area contributed by atoms with Gasteiger partial charge >= 0.3 is 0 Å². The van der Waals surface area contributed by atoms with E-state index in [1.54, 1.807) is 17.7 Å². The summed E-state index contributed by atoms with van der Waals surface area (Å²) >= 11 is 1.70. The van der Waals surface area contributed by atoms with Gasteiger partial charge in [0.05, 0.1) is 10.9 Å². The lowest BCUT2D eigenvalue weighted by molar-refractivity contribution is -0.131. The summed E-state index contributed by atoms with van der Waals surface area (Å²) in [5.41, 5.74) is 12.2. The van der Waals surface area contributed by atoms with Gasteiger partial charge in [-0.2, -0.15) is 9.97 Å². The van der Waals surface area contributed by atoms with Crippen molar-refractivity contribution in [2.45, 2.75) is 57.5 Å². The van der Waals surface area contributed by atoms with Gasteiger partial charge < -0.3 is 26.4 Å². The number of carbonyl (C=O) groups excluding carboxylic acids is 1. The molecule has 1 unspecified atom stereocenters. The Hall–Kier alpha value is -3.21. The van der Waals surface area contributed by atoms with E-state index in [9.17, 15) is 4.79 Å². The van der Waals surface area contributed by atoms with Gasteiger partial charge in [0.1, 0.15) is 28.4 Å². The molecule has 34 heavy (non-hydrogen) atoms. The normalized spacial score (nSPS) is 19.7. The summed E-state index contributed by atoms with van der Waals surface area (Å²) in [5.74, 6) is 2.02. The first-order valence-corrected chi connectivity index (χ1v) is 12.6. The van der Waals surface area contributed by atoms with Crippen LogP contribution in [0.5, 0.6) is 5.88 Å². The summed E-state index contributed by atoms with van der Waals surface area (Å²) in [5, 5.41) is 4.44. The van der Waals surface area contributed by atoms with E-state index in [0.717, 1.165) is 60.2 Å². The molecule has 10 nitrogen and oxygen atoms in total. The zero-order chi connectivity index (χ0) is 23.7. The molecule has 0 aliphatic carbocycles. The van der Waals surface area contributed by atoms with Crippen molar-refractivity contribution < 1.29 is 9.53 Å². The number of anilines is 3. The van der Waals surface area contributed by atoms with E-state index >= 15 is 0 Å². The van der Waals surface area contributed by atoms with Gasteiger partial charge in [-0.15, -0.1) is 11.3 Å². The second kappa shape index (κ2) is 9.21. The zero-order valence-electron chi connectivity index (χ0n) is 19.3. The van der Waals surface area contributed by atoms with Crippen molar-refractivity contribution in [3.63, 3.8) is 0 Å². The van der Waals surface area contributed by atoms with Crippen LogP contribution in [0.3, 0.4) is 0 Å². The summed E-state index contributed by atoms with van der Waals surface area (Å²) in [6.45, 7) is 4.21. The molecular weight excluding hydrogens is 452 g/mol. The molecule has 1 atom stereocenters. The molecule has 1 amide bonds. The standard InChI is InChI=1S/C23H30N8O2S/c1-2-14-11-15-19(27-13-28-21(15)34-14)26-8-3-5-17(32)31-9-4-6-23(7-10-31)12-16-18(24)29-22(25)30-20(16)33-23/h11,13H,2-10,12H2,1H3,(H,26,27,28)(H4,24,25,29,30). The number of nitrogens with zero attached hydrogens (tertiary/aromatic N) is 5. The first kappa shape index (κ1) is 22.6. The predicted molar refractivity (Wildman–Crippen MR) is 133 cm³/mol. The number of thiophene rings is 1. The first-order chi connectivity index (χ1) is 16.5. The Labute approximate surface area is 202 Å². The number of amides is 1. The van der Waals surface area contributed by atoms with E-state index in [1.807, 2.05) is 4.90 Å². The molecule has 11 heteroatoms. The summed E-state index contributed by atoms with van der Waals surface area (Å²) in [6, 6.07) is 2.15. The van der Waals surface area contributed by atoms with Gasteiger partial charge in [0.2, 0.25) is 17.7 Å². The van der Waals surface area contributed by atoms with E-state index in [1.165, 1.54) is 4.88 Å². The molecule has 0 saturated carbocycles. The van der Waals surface area contributed by atoms with Gasteiger partial charge in [-0.25, -0.2) is 9.97 Å². The quantitative estimate of drug-likeness (QED) is 0.451. The summed E-state index contributed by atoms with van der Waals surface area (Å²) < 4.78 is 6.23. The fourth-order valence-electron chi connectivity index (χ4n) is 4.83. The van der Waals surface area contributed by atoms with Gasteiger partial charge in [0.15, 0.2) is 0 Å². The molecule has 1 saturated heterocycles. The molecule has 0 aromatic carbocycles. The van der Waals surface area contributed by atoms with Crippen LogP contribution < -0.4 is 21.5 Å². The number of nitrogens with one attached hydrogen (secondary N) is 1. The molecule has 1 spiro atoms. The number of ether oxygens (including phenoxy) is 1. The Morgan fingerprint density at radius 2 is 2.15 bits per heavy atom. The number of hydrogen-bond donors (Lipinski definition) is 3. The van der Waals surface area contributed by atoms with E-state index in [-0.39, 0.29) is 17.5 Å². The van der Waals surface area contributed by atoms with Gasteiger partial charge in [-0.3, -0.25) is 4.79 Å². The predicted octanol–water partition coefficient (Wildman–Crippen LogP) is 2.79. The molecule has 2 aliphatic rings. The van der Waals surface area contributed by atoms with E-state index < -0.39 is 0 Å². The summed E-state index contributed by atoms with van der Waals surface area (Å²) in [4.78, 5) is 34.2. The molecule has 0 bridgehead atoms. The number of fused-ring (bicyclic) bond motifs is 2. The maximum atomic E-state index is 12.9. The van der Waals surface area contributed by atoms with Crippen LogP contribution in [0.4, 0.5) is 17.6 Å². The average molecular weight is 483 g/mol. The van der Waals surface area contributed by atoms with Gasteiger partial charge in [-0.05, 0) is 31.7 Å². The zero-order valence-corrected chi connectivity index (χ0v) is 20.2. The third-order valence-corrected chi connectivity index (χ3v) is 7.86. The number of rotatable bonds is 6. The van der Waals surface area contributed by atoms with E-state index in [2.05, 4.69) is 38.2 Å². The fraction of sp³-hybridized carbons (Fsp3) is 0.522. The van der Waals surface area contributed by atoms with E-state index in [4.69, 9.17) is 16.2 Å². The highest BCUT2D eigenvalue weighted by molar-refractivity contribution is 7.18. The molecule has 180 valence electrons. The van der Waals surface area contributed by atoms with Gasteiger partial charge in [0, 0.05) is 43.8 Å². The fourth-order valence-corrected chi connectivity index (χ4v) is 5.77. The van der Waals surface area contributed by atoms with Crippen LogP contribution in [0.1, 0.15) is 49.5 Å². The minimum absolute atomic E-state index is 0.125. The lowest BCUT2D eigenvalue weighted by Gasteiger charge is -2.27. The second-order valence-corrected chi connectivity index (χ2v) is 10.1. The van der Waals surface area contributed by atoms with Crippen molar-refractivity contribution >= 4 is 45.0 Å². The topological polar surface area (TPSA) is 145 Å². The highest BCUT2D eigenvalue weighted by atomic mass is 32.1. The number of aromatic nitrogens is 4. The lowest BCUT2D eigenvalue weighted by Crippen LogP contribution is -2.37. The molecule has 2 aliphatic heterocycles. The van der Waals surface area contributed by atoms with Gasteiger partial charge in [0.25, 0.3) is 0 Å². The molecule has 3 aromatic rings. The van der Waals surface area contributed by atoms with Gasteiger partial charge in [-0.1, -0.05) is 6.92 Å². The number of likely N-dealkylation sites (tertiary alicyclic amines) is 1. The molecule has 3 aromatic heterocycles. The monoisotopic (exact) mass is 482 g/mol. The number of aryl methyl sites for hydroxylation is 1. The van der Waals surface area contributed by atoms with Crippen LogP contribution in [0, 0.1) is 0 Å². The molecule has 1 fully saturated rings. The Kier molecular flexibility index (Phi) is 6.11. The highest BCUT2D eigenvalue weighted by Gasteiger charge is 2.43. The third-order valence-electron chi connectivity index (χ3n) is 6.67. The Balaban J connectivity index is 1.13. The maximum absolute atomic E-state index is 12.9. The minimum atomic E-state index is -0.383. The largest absolute Gasteiger partial charge is 0.470 e. The minimum Gasteiger partial charge on any atom is -0.470 e. The number of carbonyl (C=O) groups is 1. The molecule has 5 heterocycles. The van der Waals surface area contributed by atoms with Crippen LogP contribution in [-0.2, 0) is 17.6 Å². The van der Waals surface area contributed by atoms with Crippen LogP contribution in [0.15, 0.2) is 12.4 Å². The van der Waals surface area contributed by atoms with Crippen molar-refractivity contribution in [2.24, 2.45) is 0 Å². The second-order valence-electron chi connectivity index (χ2n) is 8.98. The van der Waals surface area contributed by atoms with E-state index in [0.29, 0.717) is 37.6 Å². The smallest absolute Gasteiger partial charge is 0.225 e. The number of hydrogen-bond acceptors (Lipinski definition) is 10. The number of nitrogens with two attached hydrogens (primary N) is 2. The summed E-state index contributed by atoms with van der Waals surface area (Å²) in [6.07, 6.45) is 6.93. The van der Waals surface area contributed by atoms with Crippen LogP contribution in [-0.4, -0.2) is 56.0 Å². The Bertz CT molecular complexity index is 1220. The molecule has 0 radical (unpaired) electrons.